The molecule has 3 rings (SSSR count). The van der Waals surface area contributed by atoms with E-state index in [1.807, 2.05) is 20.1 Å². The molecule has 9 nitrogen and oxygen atoms in total. The number of nitrogens with two attached hydrogens (primary N) is 1. The van der Waals surface area contributed by atoms with Gasteiger partial charge in [0.1, 0.15) is 29.3 Å². The Morgan fingerprint density at radius 2 is 2.20 bits per heavy atom. The average molecular weight is 455 g/mol. The lowest BCUT2D eigenvalue weighted by molar-refractivity contribution is -0.0948. The van der Waals surface area contributed by atoms with Crippen molar-refractivity contribution in [1.82, 2.24) is 14.5 Å². The van der Waals surface area contributed by atoms with Crippen LogP contribution in [0.3, 0.4) is 0 Å². The van der Waals surface area contributed by atoms with Gasteiger partial charge in [-0.05, 0) is 50.9 Å². The number of aliphatic hydroxyl groups is 3. The van der Waals surface area contributed by atoms with Gasteiger partial charge in [0.25, 0.3) is 0 Å². The lowest BCUT2D eigenvalue weighted by Gasteiger charge is -2.27. The van der Waals surface area contributed by atoms with E-state index in [4.69, 9.17) is 27.4 Å². The molecule has 3 heterocycles. The summed E-state index contributed by atoms with van der Waals surface area (Å²) in [6.07, 6.45) is 2.04. The van der Waals surface area contributed by atoms with E-state index in [1.165, 1.54) is 18.7 Å². The van der Waals surface area contributed by atoms with Crippen LogP contribution in [0.5, 0.6) is 0 Å². The Kier molecular flexibility index (Phi) is 6.70. The lowest BCUT2D eigenvalue weighted by Crippen LogP contribution is -2.44. The average Bonchev–Trinajstić information content (AvgIpc) is 3.17. The standard InChI is InChI=1S/C19H26N4O5S2/c1-5-27-12(29)6-9(2)10-7-23(16-13(10)15(20)21-18(22-16)30-4)17-19(3,26)14(25)11(8-24)28-17/h6-7,11,14,17,24-26H,5,8H2,1-4H3,(H2,20,21,22)/t11-,14-,17?,19?/m1/s1. The molecule has 0 saturated carbocycles. The fraction of sp³-hybridized carbons (Fsp3) is 0.526. The summed E-state index contributed by atoms with van der Waals surface area (Å²) in [5.41, 5.74) is 6.48. The molecular formula is C19H26N4O5S2. The smallest absolute Gasteiger partial charge is 0.191 e. The highest BCUT2D eigenvalue weighted by Gasteiger charge is 2.53. The van der Waals surface area contributed by atoms with Crippen molar-refractivity contribution in [3.05, 3.63) is 17.8 Å². The number of thioether (sulfide) groups is 1. The lowest BCUT2D eigenvalue weighted by atomic mass is 9.96. The Balaban J connectivity index is 2.23. The molecule has 11 heteroatoms. The Morgan fingerprint density at radius 3 is 2.77 bits per heavy atom. The highest BCUT2D eigenvalue weighted by Crippen LogP contribution is 2.42. The molecule has 0 bridgehead atoms. The number of fused-ring (bicyclic) bond motifs is 1. The minimum Gasteiger partial charge on any atom is -0.484 e. The summed E-state index contributed by atoms with van der Waals surface area (Å²) < 4.78 is 12.8. The first kappa shape index (κ1) is 22.9. The minimum absolute atomic E-state index is 0.269. The molecule has 0 radical (unpaired) electrons. The topological polar surface area (TPSA) is 136 Å². The third kappa shape index (κ3) is 3.93. The van der Waals surface area contributed by atoms with Crippen LogP contribution < -0.4 is 5.73 Å². The summed E-state index contributed by atoms with van der Waals surface area (Å²) in [5.74, 6) is 0.269. The van der Waals surface area contributed by atoms with Crippen molar-refractivity contribution in [3.63, 3.8) is 0 Å². The Morgan fingerprint density at radius 1 is 1.50 bits per heavy atom. The molecule has 2 aromatic heterocycles. The van der Waals surface area contributed by atoms with E-state index >= 15 is 0 Å². The van der Waals surface area contributed by atoms with Crippen molar-refractivity contribution >= 4 is 51.5 Å². The zero-order valence-corrected chi connectivity index (χ0v) is 18.8. The minimum atomic E-state index is -1.67. The monoisotopic (exact) mass is 454 g/mol. The first-order chi connectivity index (χ1) is 14.1. The Hall–Kier alpha value is -1.76. The predicted molar refractivity (Wildman–Crippen MR) is 119 cm³/mol. The molecule has 164 valence electrons. The van der Waals surface area contributed by atoms with Gasteiger partial charge in [-0.15, -0.1) is 0 Å². The molecule has 1 saturated heterocycles. The summed E-state index contributed by atoms with van der Waals surface area (Å²) in [6.45, 7) is 5.17. The summed E-state index contributed by atoms with van der Waals surface area (Å²) in [7, 11) is 0. The van der Waals surface area contributed by atoms with Crippen LogP contribution >= 0.6 is 24.0 Å². The van der Waals surface area contributed by atoms with Crippen LogP contribution in [0.25, 0.3) is 16.6 Å². The normalized spacial score (nSPS) is 27.0. The Bertz CT molecular complexity index is 991. The summed E-state index contributed by atoms with van der Waals surface area (Å²) >= 11 is 6.55. The number of allylic oxidation sites excluding steroid dienone is 1. The van der Waals surface area contributed by atoms with Gasteiger partial charge < -0.3 is 35.1 Å². The van der Waals surface area contributed by atoms with Crippen molar-refractivity contribution in [3.8, 4) is 0 Å². The van der Waals surface area contributed by atoms with Crippen molar-refractivity contribution < 1.29 is 24.8 Å². The van der Waals surface area contributed by atoms with Crippen LogP contribution in [0.2, 0.25) is 0 Å². The van der Waals surface area contributed by atoms with E-state index < -0.39 is 30.6 Å². The number of hydrogen-bond donors (Lipinski definition) is 4. The molecule has 2 unspecified atom stereocenters. The molecule has 30 heavy (non-hydrogen) atoms. The van der Waals surface area contributed by atoms with E-state index in [1.54, 1.807) is 16.8 Å². The third-order valence-corrected chi connectivity index (χ3v) is 5.88. The number of thiocarbonyl (C=S) groups is 1. The second-order valence-corrected chi connectivity index (χ2v) is 8.38. The molecule has 4 atom stereocenters. The number of anilines is 1. The van der Waals surface area contributed by atoms with Gasteiger partial charge in [-0.1, -0.05) is 11.8 Å². The van der Waals surface area contributed by atoms with Crippen LogP contribution in [0.1, 0.15) is 32.6 Å². The number of ether oxygens (including phenoxy) is 2. The maximum Gasteiger partial charge on any atom is 0.191 e. The van der Waals surface area contributed by atoms with Crippen molar-refractivity contribution in [1.29, 1.82) is 0 Å². The molecule has 0 aliphatic carbocycles. The van der Waals surface area contributed by atoms with Gasteiger partial charge in [0.05, 0.1) is 18.6 Å². The number of hydrogen-bond acceptors (Lipinski definition) is 10. The fourth-order valence-corrected chi connectivity index (χ4v) is 4.21. The number of aliphatic hydroxyl groups excluding tert-OH is 2. The molecule has 2 aromatic rings. The SMILES string of the molecule is CCOC(=S)C=C(C)c1cn(C2O[C@H](CO)[C@@H](O)C2(C)O)c2nc(SC)nc(N)c12. The van der Waals surface area contributed by atoms with Crippen LogP contribution in [0.4, 0.5) is 5.82 Å². The number of nitrogen functional groups attached to an aromatic ring is 1. The Labute approximate surface area is 183 Å². The first-order valence-corrected chi connectivity index (χ1v) is 11.0. The molecule has 0 amide bonds. The van der Waals surface area contributed by atoms with Crippen molar-refractivity contribution in [2.24, 2.45) is 0 Å². The molecule has 5 N–H and O–H groups in total. The van der Waals surface area contributed by atoms with Crippen molar-refractivity contribution in [2.75, 3.05) is 25.2 Å². The number of rotatable bonds is 6. The van der Waals surface area contributed by atoms with Gasteiger partial charge in [0, 0.05) is 11.8 Å². The zero-order valence-electron chi connectivity index (χ0n) is 17.2. The predicted octanol–water partition coefficient (Wildman–Crippen LogP) is 1.50. The van der Waals surface area contributed by atoms with Crippen LogP contribution in [-0.4, -0.2) is 72.2 Å². The molecule has 0 spiro atoms. The molecular weight excluding hydrogens is 428 g/mol. The van der Waals surface area contributed by atoms with Gasteiger partial charge in [0.15, 0.2) is 16.4 Å². The quantitative estimate of drug-likeness (QED) is 0.220. The highest BCUT2D eigenvalue weighted by molar-refractivity contribution is 7.98. The van der Waals surface area contributed by atoms with Crippen LogP contribution in [-0.2, 0) is 9.47 Å². The van der Waals surface area contributed by atoms with Gasteiger partial charge >= 0.3 is 0 Å². The zero-order chi connectivity index (χ0) is 22.2. The summed E-state index contributed by atoms with van der Waals surface area (Å²) in [6, 6.07) is 0. The largest absolute Gasteiger partial charge is 0.484 e. The van der Waals surface area contributed by atoms with Gasteiger partial charge in [-0.3, -0.25) is 0 Å². The van der Waals surface area contributed by atoms with Crippen LogP contribution in [0.15, 0.2) is 17.4 Å². The third-order valence-electron chi connectivity index (χ3n) is 5.10. The first-order valence-electron chi connectivity index (χ1n) is 9.39. The number of nitrogens with zero attached hydrogens (tertiary/aromatic N) is 3. The van der Waals surface area contributed by atoms with E-state index in [2.05, 4.69) is 9.97 Å². The van der Waals surface area contributed by atoms with Gasteiger partial charge in [-0.25, -0.2) is 9.97 Å². The van der Waals surface area contributed by atoms with E-state index in [0.717, 1.165) is 5.57 Å². The van der Waals surface area contributed by atoms with Gasteiger partial charge in [-0.2, -0.15) is 0 Å². The second-order valence-electron chi connectivity index (χ2n) is 7.20. The maximum atomic E-state index is 11.0. The van der Waals surface area contributed by atoms with E-state index in [-0.39, 0.29) is 5.82 Å². The molecule has 1 fully saturated rings. The highest BCUT2D eigenvalue weighted by atomic mass is 32.2. The van der Waals surface area contributed by atoms with Crippen LogP contribution in [0, 0.1) is 0 Å². The second kappa shape index (κ2) is 8.77. The maximum absolute atomic E-state index is 11.0. The van der Waals surface area contributed by atoms with Crippen molar-refractivity contribution in [2.45, 2.75) is 50.0 Å². The summed E-state index contributed by atoms with van der Waals surface area (Å²) in [5, 5.41) is 32.2. The fourth-order valence-electron chi connectivity index (χ4n) is 3.55. The molecule has 1 aliphatic rings. The number of aromatic nitrogens is 3. The van der Waals surface area contributed by atoms with E-state index in [9.17, 15) is 15.3 Å². The molecule has 1 aliphatic heterocycles. The van der Waals surface area contributed by atoms with E-state index in [0.29, 0.717) is 33.4 Å². The summed E-state index contributed by atoms with van der Waals surface area (Å²) in [4.78, 5) is 8.90. The molecule has 0 aromatic carbocycles. The van der Waals surface area contributed by atoms with Gasteiger partial charge in [0.2, 0.25) is 0 Å².